The molecule has 1 heterocycles. The van der Waals surface area contributed by atoms with Gasteiger partial charge in [0.05, 0.1) is 18.1 Å². The van der Waals surface area contributed by atoms with Gasteiger partial charge >= 0.3 is 5.97 Å². The summed E-state index contributed by atoms with van der Waals surface area (Å²) in [6, 6.07) is 3.79. The lowest BCUT2D eigenvalue weighted by molar-refractivity contribution is -0.141. The number of hydrogen-bond donors (Lipinski definition) is 0. The molecule has 0 radical (unpaired) electrons. The van der Waals surface area contributed by atoms with Crippen LogP contribution in [0.2, 0.25) is 5.02 Å². The van der Waals surface area contributed by atoms with Crippen LogP contribution in [0.5, 0.6) is 5.75 Å². The van der Waals surface area contributed by atoms with Crippen molar-refractivity contribution in [3.05, 3.63) is 28.3 Å². The van der Waals surface area contributed by atoms with Crippen LogP contribution >= 0.6 is 11.6 Å². The minimum absolute atomic E-state index is 0.188. The Morgan fingerprint density at radius 2 is 2.16 bits per heavy atom. The maximum atomic E-state index is 11.6. The van der Waals surface area contributed by atoms with Crippen molar-refractivity contribution in [2.45, 2.75) is 45.1 Å². The summed E-state index contributed by atoms with van der Waals surface area (Å²) in [6.07, 6.45) is 1.84. The van der Waals surface area contributed by atoms with Gasteiger partial charge in [-0.1, -0.05) is 17.7 Å². The molecule has 0 spiro atoms. The molecule has 4 heteroatoms. The average Bonchev–Trinajstić information content (AvgIpc) is 2.37. The Balaban J connectivity index is 2.38. The highest BCUT2D eigenvalue weighted by Crippen LogP contribution is 2.40. The number of ether oxygens (including phenoxy) is 2. The Labute approximate surface area is 118 Å². The van der Waals surface area contributed by atoms with E-state index in [-0.39, 0.29) is 17.5 Å². The number of methoxy groups -OCH3 is 1. The van der Waals surface area contributed by atoms with Gasteiger partial charge in [-0.2, -0.15) is 0 Å². The van der Waals surface area contributed by atoms with Crippen LogP contribution in [-0.4, -0.2) is 18.7 Å². The zero-order chi connectivity index (χ0) is 14.2. The van der Waals surface area contributed by atoms with Crippen LogP contribution in [0.15, 0.2) is 12.1 Å². The first kappa shape index (κ1) is 14.2. The molecule has 0 N–H and O–H groups in total. The van der Waals surface area contributed by atoms with E-state index in [2.05, 4.69) is 13.8 Å². The Morgan fingerprint density at radius 3 is 2.79 bits per heavy atom. The van der Waals surface area contributed by atoms with Crippen molar-refractivity contribution in [1.29, 1.82) is 0 Å². The smallest absolute Gasteiger partial charge is 0.312 e. The van der Waals surface area contributed by atoms with E-state index in [4.69, 9.17) is 21.1 Å². The van der Waals surface area contributed by atoms with Crippen LogP contribution in [0.1, 0.15) is 44.2 Å². The molecule has 0 bridgehead atoms. The van der Waals surface area contributed by atoms with E-state index < -0.39 is 0 Å². The van der Waals surface area contributed by atoms with E-state index in [1.807, 2.05) is 13.0 Å². The number of fused-ring (bicyclic) bond motifs is 1. The first-order valence-electron chi connectivity index (χ1n) is 6.43. The molecule has 3 nitrogen and oxygen atoms in total. The summed E-state index contributed by atoms with van der Waals surface area (Å²) in [7, 11) is 1.39. The summed E-state index contributed by atoms with van der Waals surface area (Å²) in [4.78, 5) is 11.6. The van der Waals surface area contributed by atoms with Gasteiger partial charge in [-0.05, 0) is 50.8 Å². The molecule has 0 fully saturated rings. The van der Waals surface area contributed by atoms with Crippen molar-refractivity contribution >= 4 is 17.6 Å². The molecule has 1 aliphatic rings. The molecule has 0 amide bonds. The fourth-order valence-corrected chi connectivity index (χ4v) is 2.59. The van der Waals surface area contributed by atoms with E-state index in [0.29, 0.717) is 5.02 Å². The summed E-state index contributed by atoms with van der Waals surface area (Å²) in [5, 5.41) is 0.566. The fourth-order valence-electron chi connectivity index (χ4n) is 2.30. The highest BCUT2D eigenvalue weighted by molar-refractivity contribution is 6.32. The van der Waals surface area contributed by atoms with E-state index >= 15 is 0 Å². The maximum absolute atomic E-state index is 11.6. The summed E-state index contributed by atoms with van der Waals surface area (Å²) >= 11 is 6.29. The summed E-state index contributed by atoms with van der Waals surface area (Å²) in [6.45, 7) is 5.92. The molecule has 1 aromatic carbocycles. The Morgan fingerprint density at radius 1 is 1.47 bits per heavy atom. The van der Waals surface area contributed by atoms with Gasteiger partial charge in [-0.25, -0.2) is 0 Å². The minimum Gasteiger partial charge on any atom is -0.486 e. The van der Waals surface area contributed by atoms with Crippen LogP contribution < -0.4 is 4.74 Å². The summed E-state index contributed by atoms with van der Waals surface area (Å²) in [5.74, 6) is 0.176. The zero-order valence-electron chi connectivity index (χ0n) is 11.7. The lowest BCUT2D eigenvalue weighted by Gasteiger charge is -2.33. The van der Waals surface area contributed by atoms with Gasteiger partial charge in [0, 0.05) is 0 Å². The fraction of sp³-hybridized carbons (Fsp3) is 0.533. The standard InChI is InChI=1S/C15H19ClO3/c1-9(14(17)18-4)11-7-10-5-6-15(2,3)19-13(10)12(16)8-11/h7-9H,5-6H2,1-4H3. The molecule has 0 aromatic heterocycles. The van der Waals surface area contributed by atoms with Crippen LogP contribution in [0.3, 0.4) is 0 Å². The molecule has 2 rings (SSSR count). The van der Waals surface area contributed by atoms with Gasteiger partial charge < -0.3 is 9.47 Å². The molecule has 1 unspecified atom stereocenters. The minimum atomic E-state index is -0.317. The summed E-state index contributed by atoms with van der Waals surface area (Å²) < 4.78 is 10.7. The van der Waals surface area contributed by atoms with Crippen molar-refractivity contribution in [2.24, 2.45) is 0 Å². The van der Waals surface area contributed by atoms with Gasteiger partial charge in [0.1, 0.15) is 11.4 Å². The highest BCUT2D eigenvalue weighted by Gasteiger charge is 2.29. The van der Waals surface area contributed by atoms with Crippen molar-refractivity contribution < 1.29 is 14.3 Å². The van der Waals surface area contributed by atoms with Crippen LogP contribution in [0, 0.1) is 0 Å². The van der Waals surface area contributed by atoms with Gasteiger partial charge in [0.15, 0.2) is 0 Å². The molecular formula is C15H19ClO3. The molecule has 19 heavy (non-hydrogen) atoms. The molecule has 104 valence electrons. The number of carbonyl (C=O) groups excluding carboxylic acids is 1. The molecular weight excluding hydrogens is 264 g/mol. The third-order valence-corrected chi connectivity index (χ3v) is 3.85. The van der Waals surface area contributed by atoms with E-state index in [9.17, 15) is 4.79 Å². The first-order chi connectivity index (χ1) is 8.84. The molecule has 1 atom stereocenters. The average molecular weight is 283 g/mol. The largest absolute Gasteiger partial charge is 0.486 e. The second-order valence-corrected chi connectivity index (χ2v) is 6.00. The van der Waals surface area contributed by atoms with Crippen LogP contribution in [0.25, 0.3) is 0 Å². The number of rotatable bonds is 2. The maximum Gasteiger partial charge on any atom is 0.312 e. The van der Waals surface area contributed by atoms with Crippen LogP contribution in [-0.2, 0) is 16.0 Å². The molecule has 0 saturated heterocycles. The molecule has 1 aliphatic heterocycles. The quantitative estimate of drug-likeness (QED) is 0.776. The lowest BCUT2D eigenvalue weighted by atomic mass is 9.91. The Hall–Kier alpha value is -1.22. The van der Waals surface area contributed by atoms with E-state index in [1.165, 1.54) is 7.11 Å². The number of benzene rings is 1. The zero-order valence-corrected chi connectivity index (χ0v) is 12.5. The van der Waals surface area contributed by atoms with Crippen molar-refractivity contribution in [1.82, 2.24) is 0 Å². The SMILES string of the molecule is COC(=O)C(C)c1cc(Cl)c2c(c1)CCC(C)(C)O2. The number of hydrogen-bond acceptors (Lipinski definition) is 3. The molecule has 1 aromatic rings. The Kier molecular flexibility index (Phi) is 3.77. The van der Waals surface area contributed by atoms with Crippen molar-refractivity contribution in [3.63, 3.8) is 0 Å². The van der Waals surface area contributed by atoms with Gasteiger partial charge in [0.25, 0.3) is 0 Å². The predicted octanol–water partition coefficient (Wildman–Crippen LogP) is 3.72. The van der Waals surface area contributed by atoms with E-state index in [0.717, 1.165) is 29.7 Å². The topological polar surface area (TPSA) is 35.5 Å². The monoisotopic (exact) mass is 282 g/mol. The first-order valence-corrected chi connectivity index (χ1v) is 6.81. The second-order valence-electron chi connectivity index (χ2n) is 5.60. The van der Waals surface area contributed by atoms with Gasteiger partial charge in [0.2, 0.25) is 0 Å². The van der Waals surface area contributed by atoms with Crippen molar-refractivity contribution in [2.75, 3.05) is 7.11 Å². The predicted molar refractivity (Wildman–Crippen MR) is 74.9 cm³/mol. The molecule has 0 saturated carbocycles. The van der Waals surface area contributed by atoms with Crippen LogP contribution in [0.4, 0.5) is 0 Å². The van der Waals surface area contributed by atoms with Gasteiger partial charge in [-0.3, -0.25) is 4.79 Å². The highest BCUT2D eigenvalue weighted by atomic mass is 35.5. The lowest BCUT2D eigenvalue weighted by Crippen LogP contribution is -2.32. The third kappa shape index (κ3) is 2.86. The number of halogens is 1. The molecule has 0 aliphatic carbocycles. The Bertz CT molecular complexity index is 508. The third-order valence-electron chi connectivity index (χ3n) is 3.57. The van der Waals surface area contributed by atoms with Gasteiger partial charge in [-0.15, -0.1) is 0 Å². The number of esters is 1. The number of aryl methyl sites for hydroxylation is 1. The number of carbonyl (C=O) groups is 1. The van der Waals surface area contributed by atoms with E-state index in [1.54, 1.807) is 6.07 Å². The normalized spacial score (nSPS) is 18.2. The van der Waals surface area contributed by atoms with Crippen molar-refractivity contribution in [3.8, 4) is 5.75 Å². The second kappa shape index (κ2) is 5.04. The summed E-state index contributed by atoms with van der Waals surface area (Å²) in [5.41, 5.74) is 1.75.